The van der Waals surface area contributed by atoms with Gasteiger partial charge in [-0.3, -0.25) is 9.59 Å². The third-order valence-electron chi connectivity index (χ3n) is 5.96. The molecule has 2 unspecified atom stereocenters. The van der Waals surface area contributed by atoms with Crippen LogP contribution >= 0.6 is 0 Å². The molecule has 0 saturated heterocycles. The van der Waals surface area contributed by atoms with Gasteiger partial charge in [0.15, 0.2) is 11.6 Å². The van der Waals surface area contributed by atoms with E-state index in [9.17, 15) is 30.0 Å². The number of carbonyl (C=O) groups is 2. The van der Waals surface area contributed by atoms with E-state index in [1.807, 2.05) is 0 Å². The molecule has 30 heavy (non-hydrogen) atoms. The van der Waals surface area contributed by atoms with Crippen LogP contribution in [0, 0.1) is 0 Å². The summed E-state index contributed by atoms with van der Waals surface area (Å²) in [7, 11) is 2.89. The Balaban J connectivity index is 1.99. The number of Topliss-reactive ketones (excluding diaryl/α,β-unsaturated/α-hetero) is 2. The monoisotopic (exact) mass is 414 g/mol. The third kappa shape index (κ3) is 2.83. The van der Waals surface area contributed by atoms with Gasteiger partial charge in [-0.2, -0.15) is 0 Å². The van der Waals surface area contributed by atoms with E-state index in [1.54, 1.807) is 0 Å². The summed E-state index contributed by atoms with van der Waals surface area (Å²) in [6.45, 7) is 0. The van der Waals surface area contributed by atoms with Gasteiger partial charge in [-0.1, -0.05) is 0 Å². The highest BCUT2D eigenvalue weighted by Crippen LogP contribution is 2.52. The number of hydrogen-bond donors (Lipinski definition) is 4. The molecule has 158 valence electrons. The zero-order valence-electron chi connectivity index (χ0n) is 16.6. The van der Waals surface area contributed by atoms with E-state index in [1.165, 1.54) is 26.4 Å². The highest BCUT2D eigenvalue weighted by atomic mass is 16.5. The van der Waals surface area contributed by atoms with Crippen LogP contribution in [0.5, 0.6) is 23.0 Å². The van der Waals surface area contributed by atoms with Crippen molar-refractivity contribution < 1.29 is 39.5 Å². The molecule has 0 saturated carbocycles. The zero-order valence-corrected chi connectivity index (χ0v) is 16.6. The summed E-state index contributed by atoms with van der Waals surface area (Å²) in [5.74, 6) is -2.20. The van der Waals surface area contributed by atoms with Gasteiger partial charge in [-0.15, -0.1) is 0 Å². The average molecular weight is 414 g/mol. The first-order valence-electron chi connectivity index (χ1n) is 9.60. The summed E-state index contributed by atoms with van der Waals surface area (Å²) < 4.78 is 10.7. The number of ether oxygens (including phenoxy) is 2. The third-order valence-corrected chi connectivity index (χ3v) is 5.96. The molecule has 4 N–H and O–H groups in total. The molecule has 2 aliphatic rings. The first-order chi connectivity index (χ1) is 14.3. The van der Waals surface area contributed by atoms with Gasteiger partial charge in [0.25, 0.3) is 0 Å². The maximum Gasteiger partial charge on any atom is 0.167 e. The van der Waals surface area contributed by atoms with Crippen molar-refractivity contribution in [2.45, 2.75) is 37.9 Å². The van der Waals surface area contributed by atoms with E-state index in [2.05, 4.69) is 0 Å². The van der Waals surface area contributed by atoms with Crippen LogP contribution in [0.15, 0.2) is 12.1 Å². The summed E-state index contributed by atoms with van der Waals surface area (Å²) in [6, 6.07) is 2.39. The fourth-order valence-corrected chi connectivity index (χ4v) is 4.51. The summed E-state index contributed by atoms with van der Waals surface area (Å²) in [6.07, 6.45) is -0.146. The molecule has 2 aliphatic carbocycles. The minimum atomic E-state index is -0.563. The average Bonchev–Trinajstić information content (AvgIpc) is 2.73. The van der Waals surface area contributed by atoms with Crippen molar-refractivity contribution in [3.8, 4) is 34.1 Å². The first-order valence-corrected chi connectivity index (χ1v) is 9.60. The minimum absolute atomic E-state index is 0.0701. The SMILES string of the molecule is COC1CCC(=O)c2c(O)c(-c3cc(O)c4c(c3O)C(=O)CCC4OC)cc(O)c21. The predicted molar refractivity (Wildman–Crippen MR) is 105 cm³/mol. The number of benzene rings is 2. The molecule has 0 radical (unpaired) electrons. The summed E-state index contributed by atoms with van der Waals surface area (Å²) in [4.78, 5) is 25.0. The maximum absolute atomic E-state index is 12.5. The lowest BCUT2D eigenvalue weighted by Crippen LogP contribution is -2.18. The molecule has 2 atom stereocenters. The second-order valence-electron chi connectivity index (χ2n) is 7.53. The highest BCUT2D eigenvalue weighted by Gasteiger charge is 2.36. The Morgan fingerprint density at radius 2 is 1.10 bits per heavy atom. The van der Waals surface area contributed by atoms with Crippen molar-refractivity contribution in [1.29, 1.82) is 0 Å². The van der Waals surface area contributed by atoms with Gasteiger partial charge < -0.3 is 29.9 Å². The van der Waals surface area contributed by atoms with Gasteiger partial charge in [-0.05, 0) is 25.0 Å². The standard InChI is InChI=1S/C22H22O8/c1-29-15-5-3-11(23)19-17(15)13(25)7-9(21(19)27)10-8-14(26)18-16(30-2)6-4-12(24)20(18)22(10)28/h7-8,15-16,25-28H,3-6H2,1-2H3. The number of fused-ring (bicyclic) bond motifs is 2. The van der Waals surface area contributed by atoms with Crippen LogP contribution in [0.1, 0.15) is 69.7 Å². The lowest BCUT2D eigenvalue weighted by atomic mass is 9.81. The lowest BCUT2D eigenvalue weighted by molar-refractivity contribution is 0.0716. The molecule has 0 amide bonds. The number of rotatable bonds is 3. The van der Waals surface area contributed by atoms with E-state index < -0.39 is 23.7 Å². The predicted octanol–water partition coefficient (Wildman–Crippen LogP) is 3.50. The van der Waals surface area contributed by atoms with Crippen molar-refractivity contribution in [3.05, 3.63) is 34.4 Å². The Hall–Kier alpha value is -3.10. The fourth-order valence-electron chi connectivity index (χ4n) is 4.51. The van der Waals surface area contributed by atoms with Crippen LogP contribution in [-0.4, -0.2) is 46.2 Å². The van der Waals surface area contributed by atoms with E-state index in [0.717, 1.165) is 0 Å². The molecule has 8 heteroatoms. The van der Waals surface area contributed by atoms with Crippen molar-refractivity contribution in [1.82, 2.24) is 0 Å². The number of phenols is 4. The van der Waals surface area contributed by atoms with Crippen LogP contribution in [0.2, 0.25) is 0 Å². The molecule has 8 nitrogen and oxygen atoms in total. The number of ketones is 2. The molecule has 2 aromatic carbocycles. The van der Waals surface area contributed by atoms with Crippen molar-refractivity contribution in [2.24, 2.45) is 0 Å². The van der Waals surface area contributed by atoms with Gasteiger partial charge in [-0.25, -0.2) is 0 Å². The topological polar surface area (TPSA) is 134 Å². The normalized spacial score (nSPS) is 20.7. The first kappa shape index (κ1) is 20.2. The van der Waals surface area contributed by atoms with Gasteiger partial charge >= 0.3 is 0 Å². The Bertz CT molecular complexity index is 986. The second-order valence-corrected chi connectivity index (χ2v) is 7.53. The number of carbonyl (C=O) groups excluding carboxylic acids is 2. The molecule has 0 bridgehead atoms. The van der Waals surface area contributed by atoms with Crippen molar-refractivity contribution >= 4 is 11.6 Å². The molecule has 0 aromatic heterocycles. The van der Waals surface area contributed by atoms with Crippen LogP contribution in [-0.2, 0) is 9.47 Å². The largest absolute Gasteiger partial charge is 0.508 e. The summed E-state index contributed by atoms with van der Waals surface area (Å²) in [5, 5.41) is 43.0. The van der Waals surface area contributed by atoms with Gasteiger partial charge in [0.2, 0.25) is 0 Å². The molecular formula is C22H22O8. The summed E-state index contributed by atoms with van der Waals surface area (Å²) >= 11 is 0. The van der Waals surface area contributed by atoms with Crippen molar-refractivity contribution in [2.75, 3.05) is 14.2 Å². The zero-order chi connectivity index (χ0) is 21.7. The Morgan fingerprint density at radius 1 is 0.733 bits per heavy atom. The molecule has 2 aromatic rings. The van der Waals surface area contributed by atoms with Crippen molar-refractivity contribution in [3.63, 3.8) is 0 Å². The summed E-state index contributed by atoms with van der Waals surface area (Å²) in [5.41, 5.74) is 0.0691. The Kier molecular flexibility index (Phi) is 4.91. The van der Waals surface area contributed by atoms with E-state index in [-0.39, 0.29) is 69.3 Å². The number of phenolic OH excluding ortho intramolecular Hbond substituents is 4. The molecule has 4 rings (SSSR count). The molecule has 0 aliphatic heterocycles. The number of hydrogen-bond acceptors (Lipinski definition) is 8. The quantitative estimate of drug-likeness (QED) is 0.561. The molecule has 0 fully saturated rings. The number of methoxy groups -OCH3 is 2. The number of aromatic hydroxyl groups is 4. The molecule has 0 heterocycles. The lowest BCUT2D eigenvalue weighted by Gasteiger charge is -2.28. The van der Waals surface area contributed by atoms with Crippen LogP contribution in [0.4, 0.5) is 0 Å². The van der Waals surface area contributed by atoms with E-state index in [4.69, 9.17) is 9.47 Å². The fraction of sp³-hybridized carbons (Fsp3) is 0.364. The van der Waals surface area contributed by atoms with Crippen LogP contribution in [0.25, 0.3) is 11.1 Å². The highest BCUT2D eigenvalue weighted by molar-refractivity contribution is 6.07. The van der Waals surface area contributed by atoms with Gasteiger partial charge in [0, 0.05) is 49.3 Å². The van der Waals surface area contributed by atoms with E-state index in [0.29, 0.717) is 12.8 Å². The van der Waals surface area contributed by atoms with Gasteiger partial charge in [0.1, 0.15) is 23.0 Å². The molecule has 0 spiro atoms. The smallest absolute Gasteiger partial charge is 0.167 e. The van der Waals surface area contributed by atoms with Gasteiger partial charge in [0.05, 0.1) is 23.3 Å². The second kappa shape index (κ2) is 7.30. The van der Waals surface area contributed by atoms with Crippen LogP contribution < -0.4 is 0 Å². The Morgan fingerprint density at radius 3 is 1.43 bits per heavy atom. The maximum atomic E-state index is 12.5. The van der Waals surface area contributed by atoms with Crippen LogP contribution in [0.3, 0.4) is 0 Å². The molecular weight excluding hydrogens is 392 g/mol. The van der Waals surface area contributed by atoms with E-state index >= 15 is 0 Å². The minimum Gasteiger partial charge on any atom is -0.508 e. The Labute approximate surface area is 172 Å².